The van der Waals surface area contributed by atoms with Crippen LogP contribution in [0.5, 0.6) is 34.5 Å². The number of anilines is 2. The number of amidine groups is 2. The minimum absolute atomic E-state index is 0.158. The van der Waals surface area contributed by atoms with Crippen LogP contribution in [0.2, 0.25) is 0 Å². The Morgan fingerprint density at radius 2 is 0.786 bits per heavy atom. The van der Waals surface area contributed by atoms with Gasteiger partial charge in [0.15, 0.2) is 0 Å². The van der Waals surface area contributed by atoms with Gasteiger partial charge in [-0.15, -0.1) is 0 Å². The largest absolute Gasteiger partial charge is 0.497 e. The number of hydrogen-bond donors (Lipinski definition) is 4. The summed E-state index contributed by atoms with van der Waals surface area (Å²) in [6, 6.07) is 21.5. The Balaban J connectivity index is 1.68. The lowest BCUT2D eigenvalue weighted by Gasteiger charge is -2.17. The first-order valence-electron chi connectivity index (χ1n) is 12.9. The molecule has 0 heterocycles. The molecule has 4 N–H and O–H groups in total. The molecule has 4 rings (SSSR count). The monoisotopic (exact) mass is 570 g/mol. The fourth-order valence-electron chi connectivity index (χ4n) is 4.34. The highest BCUT2D eigenvalue weighted by Gasteiger charge is 2.17. The lowest BCUT2D eigenvalue weighted by molar-refractivity contribution is 0.394. The predicted molar refractivity (Wildman–Crippen MR) is 165 cm³/mol. The van der Waals surface area contributed by atoms with E-state index in [9.17, 15) is 0 Å². The third kappa shape index (κ3) is 6.67. The highest BCUT2D eigenvalue weighted by molar-refractivity contribution is 6.09. The van der Waals surface area contributed by atoms with E-state index in [0.29, 0.717) is 68.1 Å². The molecule has 0 fully saturated rings. The van der Waals surface area contributed by atoms with Crippen LogP contribution in [0.15, 0.2) is 72.8 Å². The Morgan fingerprint density at radius 3 is 1.07 bits per heavy atom. The zero-order valence-corrected chi connectivity index (χ0v) is 24.4. The molecule has 0 aliphatic heterocycles. The van der Waals surface area contributed by atoms with Crippen molar-refractivity contribution in [3.63, 3.8) is 0 Å². The molecule has 0 aromatic heterocycles. The summed E-state index contributed by atoms with van der Waals surface area (Å²) in [7, 11) is 9.46. The summed E-state index contributed by atoms with van der Waals surface area (Å²) in [6.07, 6.45) is 0. The Kier molecular flexibility index (Phi) is 9.39. The fraction of sp³-hybridized carbons (Fsp3) is 0.188. The van der Waals surface area contributed by atoms with Gasteiger partial charge in [0.05, 0.1) is 42.7 Å². The van der Waals surface area contributed by atoms with Crippen molar-refractivity contribution in [3.8, 4) is 45.6 Å². The lowest BCUT2D eigenvalue weighted by Crippen LogP contribution is -2.13. The molecule has 4 aromatic rings. The fourth-order valence-corrected chi connectivity index (χ4v) is 4.34. The first-order chi connectivity index (χ1) is 20.3. The number of nitrogens with one attached hydrogen (secondary N) is 4. The van der Waals surface area contributed by atoms with Gasteiger partial charge in [-0.3, -0.25) is 10.8 Å². The zero-order valence-electron chi connectivity index (χ0n) is 24.4. The molecule has 218 valence electrons. The molecule has 0 aliphatic carbocycles. The number of ether oxygens (including phenoxy) is 6. The molecule has 4 aromatic carbocycles. The molecule has 0 amide bonds. The Hall–Kier alpha value is -5.38. The van der Waals surface area contributed by atoms with Crippen molar-refractivity contribution < 1.29 is 28.4 Å². The molecule has 0 bridgehead atoms. The maximum atomic E-state index is 8.78. The second kappa shape index (κ2) is 13.3. The van der Waals surface area contributed by atoms with E-state index in [-0.39, 0.29) is 11.7 Å². The van der Waals surface area contributed by atoms with Crippen LogP contribution >= 0.6 is 0 Å². The highest BCUT2D eigenvalue weighted by Crippen LogP contribution is 2.38. The van der Waals surface area contributed by atoms with E-state index < -0.39 is 0 Å². The molecule has 0 saturated heterocycles. The molecule has 0 atom stereocenters. The quantitative estimate of drug-likeness (QED) is 0.123. The maximum absolute atomic E-state index is 8.78. The lowest BCUT2D eigenvalue weighted by atomic mass is 9.98. The topological polar surface area (TPSA) is 127 Å². The second-order valence-corrected chi connectivity index (χ2v) is 9.03. The van der Waals surface area contributed by atoms with Crippen molar-refractivity contribution in [3.05, 3.63) is 83.9 Å². The Morgan fingerprint density at radius 1 is 0.452 bits per heavy atom. The third-order valence-corrected chi connectivity index (χ3v) is 6.51. The van der Waals surface area contributed by atoms with Crippen molar-refractivity contribution in [2.45, 2.75) is 0 Å². The van der Waals surface area contributed by atoms with Crippen LogP contribution in [-0.2, 0) is 0 Å². The van der Waals surface area contributed by atoms with Gasteiger partial charge in [0.2, 0.25) is 0 Å². The van der Waals surface area contributed by atoms with Crippen LogP contribution in [0.25, 0.3) is 11.1 Å². The number of benzene rings is 4. The molecule has 0 saturated carbocycles. The molecule has 0 radical (unpaired) electrons. The van der Waals surface area contributed by atoms with Crippen LogP contribution in [0.1, 0.15) is 11.1 Å². The van der Waals surface area contributed by atoms with Crippen LogP contribution in [0.3, 0.4) is 0 Å². The number of rotatable bonds is 11. The standard InChI is InChI=1S/C32H34N4O6/c1-37-23-13-21(14-24(17-23)38-2)35-31(33)19-7-9-29(41-5)27(11-19)28-12-20(8-10-30(28)42-6)32(34)36-22-15-25(39-3)18-26(16-22)40-4/h7-18H,1-6H3,(H2,33,35)(H2,34,36). The van der Waals surface area contributed by atoms with Gasteiger partial charge in [-0.05, 0) is 36.4 Å². The van der Waals surface area contributed by atoms with Crippen LogP contribution < -0.4 is 39.1 Å². The summed E-state index contributed by atoms with van der Waals surface area (Å²) in [4.78, 5) is 0. The van der Waals surface area contributed by atoms with Crippen LogP contribution in [0.4, 0.5) is 11.4 Å². The van der Waals surface area contributed by atoms with Gasteiger partial charge in [-0.25, -0.2) is 0 Å². The smallest absolute Gasteiger partial charge is 0.129 e. The highest BCUT2D eigenvalue weighted by atomic mass is 16.5. The molecule has 10 heteroatoms. The van der Waals surface area contributed by atoms with Crippen molar-refractivity contribution in [2.75, 3.05) is 53.3 Å². The molecular formula is C32H34N4O6. The minimum Gasteiger partial charge on any atom is -0.497 e. The van der Waals surface area contributed by atoms with Crippen molar-refractivity contribution in [1.82, 2.24) is 0 Å². The molecule has 10 nitrogen and oxygen atoms in total. The molecule has 0 spiro atoms. The molecule has 0 unspecified atom stereocenters. The average molecular weight is 571 g/mol. The third-order valence-electron chi connectivity index (χ3n) is 6.51. The van der Waals surface area contributed by atoms with Gasteiger partial charge < -0.3 is 39.1 Å². The van der Waals surface area contributed by atoms with Crippen LogP contribution in [0, 0.1) is 10.8 Å². The van der Waals surface area contributed by atoms with E-state index in [1.165, 1.54) is 0 Å². The first-order valence-corrected chi connectivity index (χ1v) is 12.9. The van der Waals surface area contributed by atoms with E-state index in [4.69, 9.17) is 39.2 Å². The summed E-state index contributed by atoms with van der Waals surface area (Å²) >= 11 is 0. The summed E-state index contributed by atoms with van der Waals surface area (Å²) in [5.41, 5.74) is 3.88. The van der Waals surface area contributed by atoms with Gasteiger partial charge in [-0.1, -0.05) is 0 Å². The Bertz CT molecular complexity index is 1440. The molecular weight excluding hydrogens is 536 g/mol. The van der Waals surface area contributed by atoms with E-state index in [1.807, 2.05) is 12.1 Å². The summed E-state index contributed by atoms with van der Waals surface area (Å²) in [5, 5.41) is 23.8. The second-order valence-electron chi connectivity index (χ2n) is 9.03. The van der Waals surface area contributed by atoms with E-state index in [2.05, 4.69) is 10.6 Å². The Labute approximate surface area is 245 Å². The van der Waals surface area contributed by atoms with Gasteiger partial charge in [0.25, 0.3) is 0 Å². The summed E-state index contributed by atoms with van der Waals surface area (Å²) < 4.78 is 32.8. The summed E-state index contributed by atoms with van der Waals surface area (Å²) in [5.74, 6) is 3.89. The van der Waals surface area contributed by atoms with Gasteiger partial charge in [-0.2, -0.15) is 0 Å². The maximum Gasteiger partial charge on any atom is 0.129 e. The van der Waals surface area contributed by atoms with Crippen molar-refractivity contribution in [2.24, 2.45) is 0 Å². The summed E-state index contributed by atoms with van der Waals surface area (Å²) in [6.45, 7) is 0. The normalized spacial score (nSPS) is 10.3. The van der Waals surface area contributed by atoms with E-state index in [1.54, 1.807) is 103 Å². The van der Waals surface area contributed by atoms with Crippen molar-refractivity contribution >= 4 is 23.0 Å². The molecule has 0 aliphatic rings. The average Bonchev–Trinajstić information content (AvgIpc) is 3.03. The minimum atomic E-state index is 0.158. The van der Waals surface area contributed by atoms with Gasteiger partial charge in [0, 0.05) is 70.0 Å². The van der Waals surface area contributed by atoms with Gasteiger partial charge in [0.1, 0.15) is 46.2 Å². The van der Waals surface area contributed by atoms with E-state index in [0.717, 1.165) is 0 Å². The van der Waals surface area contributed by atoms with Crippen molar-refractivity contribution in [1.29, 1.82) is 10.8 Å². The van der Waals surface area contributed by atoms with Crippen LogP contribution in [-0.4, -0.2) is 54.3 Å². The molecule has 42 heavy (non-hydrogen) atoms. The zero-order chi connectivity index (χ0) is 30.2. The number of hydrogen-bond acceptors (Lipinski definition) is 8. The number of methoxy groups -OCH3 is 6. The van der Waals surface area contributed by atoms with Gasteiger partial charge >= 0.3 is 0 Å². The SMILES string of the molecule is COc1cc(NC(=N)c2ccc(OC)c(-c3cc(C(=N)Nc4cc(OC)cc(OC)c4)ccc3OC)c2)cc(OC)c1. The van der Waals surface area contributed by atoms with E-state index >= 15 is 0 Å². The predicted octanol–water partition coefficient (Wildman–Crippen LogP) is 6.28. The first kappa shape index (κ1) is 29.6.